The van der Waals surface area contributed by atoms with Crippen molar-refractivity contribution in [1.29, 1.82) is 0 Å². The molecule has 3 unspecified atom stereocenters. The second-order valence-electron chi connectivity index (χ2n) is 7.10. The molecule has 2 aliphatic rings. The maximum Gasteiger partial charge on any atom is 0.203 e. The van der Waals surface area contributed by atoms with Gasteiger partial charge in [0.2, 0.25) is 5.95 Å². The lowest BCUT2D eigenvalue weighted by atomic mass is 9.80. The third kappa shape index (κ3) is 3.02. The van der Waals surface area contributed by atoms with Crippen LogP contribution in [0.3, 0.4) is 0 Å². The molecule has 3 atom stereocenters. The Labute approximate surface area is 123 Å². The Morgan fingerprint density at radius 3 is 2.65 bits per heavy atom. The molecule has 1 heterocycles. The highest BCUT2D eigenvalue weighted by Gasteiger charge is 2.28. The highest BCUT2D eigenvalue weighted by atomic mass is 15.2. The van der Waals surface area contributed by atoms with Gasteiger partial charge in [0.25, 0.3) is 0 Å². The van der Waals surface area contributed by atoms with E-state index in [9.17, 15) is 0 Å². The van der Waals surface area contributed by atoms with E-state index in [4.69, 9.17) is 0 Å². The zero-order valence-corrected chi connectivity index (χ0v) is 13.0. The van der Waals surface area contributed by atoms with Crippen LogP contribution in [0.4, 0.5) is 5.95 Å². The molecule has 112 valence electrons. The minimum atomic E-state index is 0.639. The fourth-order valence-electron chi connectivity index (χ4n) is 4.18. The summed E-state index contributed by atoms with van der Waals surface area (Å²) in [5, 5.41) is 3.71. The van der Waals surface area contributed by atoms with Crippen molar-refractivity contribution in [2.24, 2.45) is 11.8 Å². The lowest BCUT2D eigenvalue weighted by Crippen LogP contribution is -2.28. The second kappa shape index (κ2) is 6.19. The van der Waals surface area contributed by atoms with E-state index >= 15 is 0 Å². The molecule has 1 aromatic heterocycles. The predicted molar refractivity (Wildman–Crippen MR) is 83.9 cm³/mol. The van der Waals surface area contributed by atoms with Gasteiger partial charge in [-0.1, -0.05) is 33.1 Å². The van der Waals surface area contributed by atoms with E-state index in [1.54, 1.807) is 0 Å². The van der Waals surface area contributed by atoms with E-state index in [1.165, 1.54) is 51.4 Å². The molecule has 0 aliphatic heterocycles. The second-order valence-corrected chi connectivity index (χ2v) is 7.10. The van der Waals surface area contributed by atoms with Crippen LogP contribution in [0, 0.1) is 11.8 Å². The van der Waals surface area contributed by atoms with Gasteiger partial charge in [-0.25, -0.2) is 4.98 Å². The highest BCUT2D eigenvalue weighted by Crippen LogP contribution is 2.38. The molecule has 0 spiro atoms. The van der Waals surface area contributed by atoms with Crippen molar-refractivity contribution in [2.75, 3.05) is 5.32 Å². The van der Waals surface area contributed by atoms with Crippen LogP contribution in [-0.2, 0) is 0 Å². The van der Waals surface area contributed by atoms with Gasteiger partial charge in [-0.05, 0) is 43.9 Å². The zero-order valence-electron chi connectivity index (χ0n) is 13.0. The van der Waals surface area contributed by atoms with Gasteiger partial charge in [0, 0.05) is 24.5 Å². The van der Waals surface area contributed by atoms with E-state index in [2.05, 4.69) is 34.9 Å². The standard InChI is InChI=1S/C17H29N3/c1-13-8-9-16(14(2)12-13)20-11-10-18-17(20)19-15-6-4-3-5-7-15/h10-11,13-16H,3-9,12H2,1-2H3,(H,18,19). The van der Waals surface area contributed by atoms with Crippen LogP contribution < -0.4 is 5.32 Å². The minimum Gasteiger partial charge on any atom is -0.353 e. The Morgan fingerprint density at radius 2 is 1.90 bits per heavy atom. The number of aromatic nitrogens is 2. The summed E-state index contributed by atoms with van der Waals surface area (Å²) < 4.78 is 2.42. The Hall–Kier alpha value is -0.990. The highest BCUT2D eigenvalue weighted by molar-refractivity contribution is 5.29. The first kappa shape index (κ1) is 14.0. The average Bonchev–Trinajstić information content (AvgIpc) is 2.88. The number of rotatable bonds is 3. The topological polar surface area (TPSA) is 29.9 Å². The van der Waals surface area contributed by atoms with Crippen molar-refractivity contribution in [1.82, 2.24) is 9.55 Å². The van der Waals surface area contributed by atoms with Crippen LogP contribution in [0.15, 0.2) is 12.4 Å². The minimum absolute atomic E-state index is 0.639. The summed E-state index contributed by atoms with van der Waals surface area (Å²) in [7, 11) is 0. The summed E-state index contributed by atoms with van der Waals surface area (Å²) in [6.07, 6.45) is 14.9. The Morgan fingerprint density at radius 1 is 1.10 bits per heavy atom. The number of anilines is 1. The normalized spacial score (nSPS) is 32.2. The van der Waals surface area contributed by atoms with Gasteiger partial charge < -0.3 is 9.88 Å². The van der Waals surface area contributed by atoms with Crippen molar-refractivity contribution in [3.05, 3.63) is 12.4 Å². The Balaban J connectivity index is 1.69. The van der Waals surface area contributed by atoms with Gasteiger partial charge in [-0.3, -0.25) is 0 Å². The molecule has 0 radical (unpaired) electrons. The molecule has 2 saturated carbocycles. The molecule has 3 heteroatoms. The van der Waals surface area contributed by atoms with Crippen molar-refractivity contribution in [2.45, 2.75) is 77.3 Å². The van der Waals surface area contributed by atoms with Gasteiger partial charge >= 0.3 is 0 Å². The molecule has 0 saturated heterocycles. The SMILES string of the molecule is CC1CCC(n2ccnc2NC2CCCCC2)C(C)C1. The van der Waals surface area contributed by atoms with Gasteiger partial charge in [-0.15, -0.1) is 0 Å². The van der Waals surface area contributed by atoms with Gasteiger partial charge in [0.05, 0.1) is 0 Å². The summed E-state index contributed by atoms with van der Waals surface area (Å²) in [6.45, 7) is 4.80. The summed E-state index contributed by atoms with van der Waals surface area (Å²) in [6, 6.07) is 1.28. The van der Waals surface area contributed by atoms with E-state index < -0.39 is 0 Å². The first-order valence-electron chi connectivity index (χ1n) is 8.53. The van der Waals surface area contributed by atoms with Crippen LogP contribution in [0.2, 0.25) is 0 Å². The zero-order chi connectivity index (χ0) is 13.9. The van der Waals surface area contributed by atoms with Gasteiger partial charge in [0.15, 0.2) is 0 Å². The number of nitrogens with zero attached hydrogens (tertiary/aromatic N) is 2. The van der Waals surface area contributed by atoms with Gasteiger partial charge in [0.1, 0.15) is 0 Å². The maximum absolute atomic E-state index is 4.59. The van der Waals surface area contributed by atoms with Crippen LogP contribution in [-0.4, -0.2) is 15.6 Å². The van der Waals surface area contributed by atoms with E-state index in [0.29, 0.717) is 12.1 Å². The molecule has 0 aromatic carbocycles. The molecule has 1 aromatic rings. The van der Waals surface area contributed by atoms with Crippen LogP contribution in [0.1, 0.15) is 71.3 Å². The molecule has 1 N–H and O–H groups in total. The van der Waals surface area contributed by atoms with Gasteiger partial charge in [-0.2, -0.15) is 0 Å². The lowest BCUT2D eigenvalue weighted by Gasteiger charge is -2.35. The quantitative estimate of drug-likeness (QED) is 0.872. The van der Waals surface area contributed by atoms with Crippen molar-refractivity contribution >= 4 is 5.95 Å². The number of nitrogens with one attached hydrogen (secondary N) is 1. The molecule has 2 aliphatic carbocycles. The van der Waals surface area contributed by atoms with Crippen molar-refractivity contribution in [3.8, 4) is 0 Å². The maximum atomic E-state index is 4.59. The van der Waals surface area contributed by atoms with E-state index in [0.717, 1.165) is 17.8 Å². The molecular formula is C17H29N3. The first-order chi connectivity index (χ1) is 9.74. The van der Waals surface area contributed by atoms with E-state index in [-0.39, 0.29) is 0 Å². The largest absolute Gasteiger partial charge is 0.353 e. The van der Waals surface area contributed by atoms with Crippen molar-refractivity contribution < 1.29 is 0 Å². The summed E-state index contributed by atoms with van der Waals surface area (Å²) >= 11 is 0. The number of hydrogen-bond acceptors (Lipinski definition) is 2. The van der Waals surface area contributed by atoms with Crippen LogP contribution in [0.25, 0.3) is 0 Å². The average molecular weight is 275 g/mol. The summed E-state index contributed by atoms with van der Waals surface area (Å²) in [5.41, 5.74) is 0. The van der Waals surface area contributed by atoms with Crippen molar-refractivity contribution in [3.63, 3.8) is 0 Å². The third-order valence-corrected chi connectivity index (χ3v) is 5.35. The van der Waals surface area contributed by atoms with Crippen LogP contribution in [0.5, 0.6) is 0 Å². The molecule has 0 bridgehead atoms. The lowest BCUT2D eigenvalue weighted by molar-refractivity contribution is 0.209. The fraction of sp³-hybridized carbons (Fsp3) is 0.824. The smallest absolute Gasteiger partial charge is 0.203 e. The molecule has 20 heavy (non-hydrogen) atoms. The molecule has 3 rings (SSSR count). The monoisotopic (exact) mass is 275 g/mol. The molecular weight excluding hydrogens is 246 g/mol. The third-order valence-electron chi connectivity index (χ3n) is 5.35. The molecule has 2 fully saturated rings. The Bertz CT molecular complexity index is 420. The number of hydrogen-bond donors (Lipinski definition) is 1. The Kier molecular flexibility index (Phi) is 4.32. The molecule has 0 amide bonds. The van der Waals surface area contributed by atoms with Crippen LogP contribution >= 0.6 is 0 Å². The number of imidazole rings is 1. The first-order valence-corrected chi connectivity index (χ1v) is 8.53. The predicted octanol–water partition coefficient (Wildman–Crippen LogP) is 4.62. The van der Waals surface area contributed by atoms with E-state index in [1.807, 2.05) is 6.20 Å². The summed E-state index contributed by atoms with van der Waals surface area (Å²) in [5.74, 6) is 2.77. The molecule has 3 nitrogen and oxygen atoms in total. The summed E-state index contributed by atoms with van der Waals surface area (Å²) in [4.78, 5) is 4.59. The fourth-order valence-corrected chi connectivity index (χ4v) is 4.18.